The third-order valence-electron chi connectivity index (χ3n) is 7.45. The van der Waals surface area contributed by atoms with Crippen molar-refractivity contribution in [2.75, 3.05) is 0 Å². The molecule has 0 aromatic rings. The maximum atomic E-state index is 11.7. The van der Waals surface area contributed by atoms with Crippen molar-refractivity contribution in [2.45, 2.75) is 70.7 Å². The third-order valence-corrected chi connectivity index (χ3v) is 7.45. The highest BCUT2D eigenvalue weighted by Crippen LogP contribution is 2.64. The van der Waals surface area contributed by atoms with Crippen LogP contribution in [-0.2, 0) is 4.79 Å². The average molecular weight is 291 g/mol. The molecule has 0 saturated heterocycles. The number of carbonyl (C=O) groups is 1. The number of ketones is 1. The first-order chi connectivity index (χ1) is 11.2. The molecular formula is C19H28O2. The number of fused-ring (bicyclic) bond motifs is 5. The minimum Gasteiger partial charge on any atom is -0.390 e. The number of aliphatic hydroxyl groups is 1. The van der Waals surface area contributed by atoms with Gasteiger partial charge in [0.15, 0.2) is 5.78 Å². The van der Waals surface area contributed by atoms with Crippen LogP contribution in [0.25, 0.3) is 0 Å². The minimum atomic E-state index is -2.31. The molecule has 3 fully saturated rings. The summed E-state index contributed by atoms with van der Waals surface area (Å²) < 4.78 is 23.7. The quantitative estimate of drug-likeness (QED) is 0.735. The van der Waals surface area contributed by atoms with Crippen molar-refractivity contribution in [3.63, 3.8) is 0 Å². The molecule has 4 aliphatic carbocycles. The summed E-state index contributed by atoms with van der Waals surface area (Å²) in [6.07, 6.45) is 8.59. The molecule has 0 bridgehead atoms. The molecule has 0 unspecified atom stereocenters. The van der Waals surface area contributed by atoms with E-state index in [2.05, 4.69) is 0 Å². The largest absolute Gasteiger partial charge is 0.390 e. The Hall–Kier alpha value is -0.630. The number of carbonyl (C=O) groups excluding carboxylic acids is 1. The molecule has 0 amide bonds. The van der Waals surface area contributed by atoms with Gasteiger partial charge in [0.05, 0.1) is 5.60 Å². The van der Waals surface area contributed by atoms with E-state index in [4.69, 9.17) is 4.11 Å². The van der Waals surface area contributed by atoms with Crippen molar-refractivity contribution in [1.82, 2.24) is 0 Å². The zero-order valence-corrected chi connectivity index (χ0v) is 12.9. The fraction of sp³-hybridized carbons (Fsp3) is 0.842. The summed E-state index contributed by atoms with van der Waals surface area (Å²) in [7, 11) is 0. The Morgan fingerprint density at radius 2 is 2.05 bits per heavy atom. The van der Waals surface area contributed by atoms with Gasteiger partial charge in [-0.15, -0.1) is 0 Å². The zero-order chi connectivity index (χ0) is 17.3. The van der Waals surface area contributed by atoms with Crippen LogP contribution in [0.3, 0.4) is 0 Å². The molecule has 0 heterocycles. The van der Waals surface area contributed by atoms with E-state index in [-0.39, 0.29) is 5.78 Å². The monoisotopic (exact) mass is 291 g/mol. The molecule has 2 nitrogen and oxygen atoms in total. The Morgan fingerprint density at radius 3 is 2.86 bits per heavy atom. The van der Waals surface area contributed by atoms with Crippen molar-refractivity contribution in [3.05, 3.63) is 11.6 Å². The van der Waals surface area contributed by atoms with Gasteiger partial charge in [-0.2, -0.15) is 0 Å². The fourth-order valence-corrected chi connectivity index (χ4v) is 6.20. The number of allylic oxidation sites excluding steroid dienone is 1. The van der Waals surface area contributed by atoms with Crippen molar-refractivity contribution in [2.24, 2.45) is 29.1 Å². The zero-order valence-electron chi connectivity index (χ0n) is 15.9. The van der Waals surface area contributed by atoms with Crippen molar-refractivity contribution >= 4 is 5.78 Å². The fourth-order valence-electron chi connectivity index (χ4n) is 6.20. The van der Waals surface area contributed by atoms with E-state index >= 15 is 0 Å². The lowest BCUT2D eigenvalue weighted by atomic mass is 9.51. The van der Waals surface area contributed by atoms with Gasteiger partial charge in [0.2, 0.25) is 0 Å². The van der Waals surface area contributed by atoms with Gasteiger partial charge >= 0.3 is 0 Å². The van der Waals surface area contributed by atoms with E-state index in [0.717, 1.165) is 38.5 Å². The summed E-state index contributed by atoms with van der Waals surface area (Å²) in [5, 5.41) is 11.1. The molecule has 0 aromatic heterocycles. The predicted octanol–water partition coefficient (Wildman–Crippen LogP) is 3.88. The van der Waals surface area contributed by atoms with E-state index in [1.807, 2.05) is 13.0 Å². The smallest absolute Gasteiger partial charge is 0.155 e. The van der Waals surface area contributed by atoms with Crippen LogP contribution in [0.4, 0.5) is 0 Å². The molecule has 0 aliphatic heterocycles. The lowest BCUT2D eigenvalue weighted by Gasteiger charge is -2.55. The highest BCUT2D eigenvalue weighted by molar-refractivity contribution is 5.91. The molecule has 2 heteroatoms. The van der Waals surface area contributed by atoms with Crippen LogP contribution in [0.15, 0.2) is 11.6 Å². The summed E-state index contributed by atoms with van der Waals surface area (Å²) >= 11 is 0. The predicted molar refractivity (Wildman–Crippen MR) is 82.7 cm³/mol. The summed E-state index contributed by atoms with van der Waals surface area (Å²) in [6, 6.07) is 0. The first-order valence-electron chi connectivity index (χ1n) is 10.1. The molecule has 1 N–H and O–H groups in total. The van der Waals surface area contributed by atoms with Crippen LogP contribution < -0.4 is 0 Å². The van der Waals surface area contributed by atoms with Crippen LogP contribution >= 0.6 is 0 Å². The molecule has 4 aliphatic rings. The van der Waals surface area contributed by atoms with Gasteiger partial charge in [-0.3, -0.25) is 4.79 Å². The summed E-state index contributed by atoms with van der Waals surface area (Å²) in [4.78, 5) is 11.7. The second-order valence-corrected chi connectivity index (χ2v) is 8.16. The lowest BCUT2D eigenvalue weighted by Crippen LogP contribution is -2.51. The van der Waals surface area contributed by atoms with Crippen molar-refractivity contribution < 1.29 is 14.0 Å². The van der Waals surface area contributed by atoms with Crippen LogP contribution in [-0.4, -0.2) is 16.5 Å². The highest BCUT2D eigenvalue weighted by atomic mass is 16.3. The minimum absolute atomic E-state index is 0.276. The average Bonchev–Trinajstić information content (AvgIpc) is 2.79. The number of rotatable bonds is 0. The Kier molecular flexibility index (Phi) is 2.32. The highest BCUT2D eigenvalue weighted by Gasteiger charge is 2.60. The molecule has 0 radical (unpaired) electrons. The normalized spacial score (nSPS) is 55.4. The van der Waals surface area contributed by atoms with Gasteiger partial charge in [0.25, 0.3) is 0 Å². The standard InChI is InChI=1S/C19H28O2/c1-18-9-7-15-14-6-4-13(20)11-12(14)3-5-16(15)17(18)8-10-19(18,2)21/h11,14-17,21H,3-10H2,1-2H3/t14-,15+,16+,17-,18-,19-/m1/s1/i2D3. The van der Waals surface area contributed by atoms with Gasteiger partial charge in [0, 0.05) is 10.5 Å². The van der Waals surface area contributed by atoms with Crippen LogP contribution in [0.2, 0.25) is 0 Å². The van der Waals surface area contributed by atoms with E-state index in [0.29, 0.717) is 36.5 Å². The van der Waals surface area contributed by atoms with Crippen molar-refractivity contribution in [1.29, 1.82) is 0 Å². The maximum absolute atomic E-state index is 11.7. The topological polar surface area (TPSA) is 37.3 Å². The lowest BCUT2D eigenvalue weighted by molar-refractivity contribution is -0.117. The van der Waals surface area contributed by atoms with Crippen molar-refractivity contribution in [3.8, 4) is 0 Å². The molecule has 6 atom stereocenters. The SMILES string of the molecule is [2H]C([2H])([2H])[C@@]1(O)CC[C@@H]2[C@H]3CCC4=CC(=O)CC[C@H]4[C@@H]3CC[C@]21C. The van der Waals surface area contributed by atoms with Gasteiger partial charge in [-0.25, -0.2) is 0 Å². The summed E-state index contributed by atoms with van der Waals surface area (Å²) in [5.74, 6) is 2.19. The summed E-state index contributed by atoms with van der Waals surface area (Å²) in [6.45, 7) is -0.274. The third kappa shape index (κ3) is 1.84. The molecule has 0 spiro atoms. The first-order valence-corrected chi connectivity index (χ1v) is 8.63. The van der Waals surface area contributed by atoms with Gasteiger partial charge in [-0.1, -0.05) is 12.5 Å². The van der Waals surface area contributed by atoms with Gasteiger partial charge in [0.1, 0.15) is 0 Å². The van der Waals surface area contributed by atoms with Gasteiger partial charge < -0.3 is 5.11 Å². The Morgan fingerprint density at radius 1 is 1.19 bits per heavy atom. The number of hydrogen-bond donors (Lipinski definition) is 1. The molecule has 21 heavy (non-hydrogen) atoms. The first kappa shape index (κ1) is 11.0. The Labute approximate surface area is 132 Å². The van der Waals surface area contributed by atoms with Crippen LogP contribution in [0.1, 0.15) is 69.3 Å². The van der Waals surface area contributed by atoms with Crippen LogP contribution in [0.5, 0.6) is 0 Å². The molecular weight excluding hydrogens is 260 g/mol. The van der Waals surface area contributed by atoms with E-state index < -0.39 is 17.9 Å². The second kappa shape index (κ2) is 4.44. The van der Waals surface area contributed by atoms with E-state index in [1.54, 1.807) is 0 Å². The van der Waals surface area contributed by atoms with E-state index in [1.165, 1.54) is 5.57 Å². The Balaban J connectivity index is 1.65. The molecule has 0 aromatic carbocycles. The Bertz CT molecular complexity index is 596. The van der Waals surface area contributed by atoms with Gasteiger partial charge in [-0.05, 0) is 87.0 Å². The molecule has 4 rings (SSSR count). The van der Waals surface area contributed by atoms with Crippen LogP contribution in [0, 0.1) is 29.1 Å². The van der Waals surface area contributed by atoms with E-state index in [9.17, 15) is 9.90 Å². The molecule has 3 saturated carbocycles. The molecule has 116 valence electrons. The summed E-state index contributed by atoms with van der Waals surface area (Å²) in [5.41, 5.74) is -0.681. The number of hydrogen-bond acceptors (Lipinski definition) is 2. The second-order valence-electron chi connectivity index (χ2n) is 8.16. The maximum Gasteiger partial charge on any atom is 0.155 e.